The maximum absolute atomic E-state index is 6.45. The molecule has 2 heterocycles. The minimum Gasteiger partial charge on any atom is -0.378 e. The van der Waals surface area contributed by atoms with Crippen LogP contribution in [0.15, 0.2) is 12.1 Å². The van der Waals surface area contributed by atoms with Crippen LogP contribution in [-0.4, -0.2) is 12.7 Å². The Balaban J connectivity index is 1.77. The van der Waals surface area contributed by atoms with Crippen molar-refractivity contribution in [2.24, 2.45) is 0 Å². The Morgan fingerprint density at radius 3 is 3.00 bits per heavy atom. The highest BCUT2D eigenvalue weighted by atomic mass is 35.5. The molecule has 1 aliphatic heterocycles. The van der Waals surface area contributed by atoms with Gasteiger partial charge in [-0.15, -0.1) is 22.9 Å². The predicted octanol–water partition coefficient (Wildman–Crippen LogP) is 4.94. The molecular weight excluding hydrogens is 252 g/mol. The van der Waals surface area contributed by atoms with Crippen LogP contribution in [0.5, 0.6) is 0 Å². The number of hydrogen-bond donors (Lipinski definition) is 0. The number of aryl methyl sites for hydroxylation is 1. The summed E-state index contributed by atoms with van der Waals surface area (Å²) < 4.78 is 5.74. The summed E-state index contributed by atoms with van der Waals surface area (Å²) in [5.74, 6) is 0. The number of hydrogen-bond acceptors (Lipinski definition) is 2. The highest BCUT2D eigenvalue weighted by Crippen LogP contribution is 2.33. The monoisotopic (exact) mass is 272 g/mol. The molecule has 1 fully saturated rings. The number of alkyl halides is 1. The zero-order valence-corrected chi connectivity index (χ0v) is 12.0. The lowest BCUT2D eigenvalue weighted by molar-refractivity contribution is 0.0100. The van der Waals surface area contributed by atoms with Crippen molar-refractivity contribution in [2.45, 2.75) is 56.9 Å². The third-order valence-electron chi connectivity index (χ3n) is 3.36. The first-order chi connectivity index (χ1) is 8.29. The summed E-state index contributed by atoms with van der Waals surface area (Å²) >= 11 is 8.31. The van der Waals surface area contributed by atoms with E-state index in [4.69, 9.17) is 16.3 Å². The van der Waals surface area contributed by atoms with E-state index < -0.39 is 0 Å². The molecule has 96 valence electrons. The molecule has 0 aromatic carbocycles. The molecule has 0 spiro atoms. The first-order valence-corrected chi connectivity index (χ1v) is 7.89. The summed E-state index contributed by atoms with van der Waals surface area (Å²) in [5.41, 5.74) is 0. The molecule has 1 nitrogen and oxygen atoms in total. The Hall–Kier alpha value is -0.0500. The zero-order chi connectivity index (χ0) is 12.1. The lowest BCUT2D eigenvalue weighted by Gasteiger charge is -2.23. The van der Waals surface area contributed by atoms with E-state index >= 15 is 0 Å². The van der Waals surface area contributed by atoms with Gasteiger partial charge in [0.1, 0.15) is 0 Å². The van der Waals surface area contributed by atoms with Gasteiger partial charge in [0.2, 0.25) is 0 Å². The van der Waals surface area contributed by atoms with Crippen LogP contribution < -0.4 is 0 Å². The summed E-state index contributed by atoms with van der Waals surface area (Å²) in [4.78, 5) is 2.75. The van der Waals surface area contributed by atoms with Crippen molar-refractivity contribution in [1.82, 2.24) is 0 Å². The Morgan fingerprint density at radius 1 is 1.47 bits per heavy atom. The fourth-order valence-corrected chi connectivity index (χ4v) is 3.56. The van der Waals surface area contributed by atoms with Crippen molar-refractivity contribution in [1.29, 1.82) is 0 Å². The highest BCUT2D eigenvalue weighted by molar-refractivity contribution is 7.12. The molecule has 17 heavy (non-hydrogen) atoms. The summed E-state index contributed by atoms with van der Waals surface area (Å²) in [7, 11) is 0. The van der Waals surface area contributed by atoms with E-state index in [1.807, 2.05) is 11.3 Å². The van der Waals surface area contributed by atoms with E-state index in [2.05, 4.69) is 19.1 Å². The molecule has 3 heteroatoms. The fourth-order valence-electron chi connectivity index (χ4n) is 2.26. The normalized spacial score (nSPS) is 22.6. The maximum Gasteiger partial charge on any atom is 0.0679 e. The maximum atomic E-state index is 6.45. The number of ether oxygens (including phenoxy) is 1. The van der Waals surface area contributed by atoms with Crippen LogP contribution >= 0.6 is 22.9 Å². The van der Waals surface area contributed by atoms with Gasteiger partial charge in [0.25, 0.3) is 0 Å². The van der Waals surface area contributed by atoms with E-state index in [0.29, 0.717) is 6.10 Å². The van der Waals surface area contributed by atoms with Crippen LogP contribution in [0.4, 0.5) is 0 Å². The smallest absolute Gasteiger partial charge is 0.0679 e. The van der Waals surface area contributed by atoms with Crippen LogP contribution in [0.1, 0.15) is 54.2 Å². The van der Waals surface area contributed by atoms with Crippen molar-refractivity contribution in [3.8, 4) is 0 Å². The van der Waals surface area contributed by atoms with Crippen molar-refractivity contribution >= 4 is 22.9 Å². The molecule has 0 radical (unpaired) electrons. The number of rotatable bonds is 5. The molecule has 2 rings (SSSR count). The van der Waals surface area contributed by atoms with Crippen molar-refractivity contribution in [2.75, 3.05) is 6.61 Å². The highest BCUT2D eigenvalue weighted by Gasteiger charge is 2.17. The van der Waals surface area contributed by atoms with Crippen molar-refractivity contribution in [3.63, 3.8) is 0 Å². The van der Waals surface area contributed by atoms with Crippen LogP contribution in [0.25, 0.3) is 0 Å². The Bertz CT molecular complexity index is 331. The van der Waals surface area contributed by atoms with Crippen LogP contribution in [0.2, 0.25) is 0 Å². The molecule has 1 aromatic rings. The lowest BCUT2D eigenvalue weighted by Crippen LogP contribution is -2.19. The average molecular weight is 273 g/mol. The molecule has 1 saturated heterocycles. The molecule has 2 unspecified atom stereocenters. The summed E-state index contributed by atoms with van der Waals surface area (Å²) in [6, 6.07) is 4.38. The minimum atomic E-state index is 0.172. The second kappa shape index (κ2) is 6.77. The first kappa shape index (κ1) is 13.4. The average Bonchev–Trinajstić information content (AvgIpc) is 2.86. The SMILES string of the molecule is CCc1ccc(C(Cl)CCC2CCCCO2)s1. The molecule has 1 aromatic heterocycles. The van der Waals surface area contributed by atoms with Crippen LogP contribution in [0.3, 0.4) is 0 Å². The predicted molar refractivity (Wildman–Crippen MR) is 75.1 cm³/mol. The van der Waals surface area contributed by atoms with E-state index in [1.54, 1.807) is 0 Å². The van der Waals surface area contributed by atoms with Gasteiger partial charge in [0.15, 0.2) is 0 Å². The molecule has 0 aliphatic carbocycles. The van der Waals surface area contributed by atoms with Gasteiger partial charge >= 0.3 is 0 Å². The van der Waals surface area contributed by atoms with E-state index in [0.717, 1.165) is 25.9 Å². The fraction of sp³-hybridized carbons (Fsp3) is 0.714. The Morgan fingerprint density at radius 2 is 2.35 bits per heavy atom. The minimum absolute atomic E-state index is 0.172. The molecule has 0 saturated carbocycles. The van der Waals surface area contributed by atoms with Crippen LogP contribution in [-0.2, 0) is 11.2 Å². The second-order valence-electron chi connectivity index (χ2n) is 4.69. The van der Waals surface area contributed by atoms with Crippen LogP contribution in [0, 0.1) is 0 Å². The summed E-state index contributed by atoms with van der Waals surface area (Å²) in [6.45, 7) is 3.13. The quantitative estimate of drug-likeness (QED) is 0.690. The van der Waals surface area contributed by atoms with Gasteiger partial charge in [-0.3, -0.25) is 0 Å². The standard InChI is InChI=1S/C14H21ClOS/c1-2-12-7-9-14(17-12)13(15)8-6-11-5-3-4-10-16-11/h7,9,11,13H,2-6,8,10H2,1H3. The molecule has 2 atom stereocenters. The van der Waals surface area contributed by atoms with Gasteiger partial charge in [-0.05, 0) is 50.7 Å². The first-order valence-electron chi connectivity index (χ1n) is 6.64. The van der Waals surface area contributed by atoms with Gasteiger partial charge in [-0.25, -0.2) is 0 Å². The Labute approximate surface area is 113 Å². The van der Waals surface area contributed by atoms with E-state index in [1.165, 1.54) is 29.0 Å². The molecule has 1 aliphatic rings. The third-order valence-corrected chi connectivity index (χ3v) is 5.28. The third kappa shape index (κ3) is 3.97. The van der Waals surface area contributed by atoms with E-state index in [-0.39, 0.29) is 5.38 Å². The molecule has 0 N–H and O–H groups in total. The zero-order valence-electron chi connectivity index (χ0n) is 10.5. The Kier molecular flexibility index (Phi) is 5.33. The van der Waals surface area contributed by atoms with Gasteiger partial charge in [0, 0.05) is 16.4 Å². The second-order valence-corrected chi connectivity index (χ2v) is 6.42. The molecule has 0 amide bonds. The van der Waals surface area contributed by atoms with E-state index in [9.17, 15) is 0 Å². The largest absolute Gasteiger partial charge is 0.378 e. The lowest BCUT2D eigenvalue weighted by atomic mass is 10.0. The number of thiophene rings is 1. The van der Waals surface area contributed by atoms with Crippen molar-refractivity contribution < 1.29 is 4.74 Å². The number of halogens is 1. The van der Waals surface area contributed by atoms with Gasteiger partial charge in [0.05, 0.1) is 11.5 Å². The van der Waals surface area contributed by atoms with Crippen molar-refractivity contribution in [3.05, 3.63) is 21.9 Å². The molecule has 0 bridgehead atoms. The van der Waals surface area contributed by atoms with Gasteiger partial charge in [-0.2, -0.15) is 0 Å². The molecular formula is C14H21ClOS. The summed E-state index contributed by atoms with van der Waals surface area (Å²) in [6.07, 6.45) is 7.47. The summed E-state index contributed by atoms with van der Waals surface area (Å²) in [5, 5.41) is 0.172. The van der Waals surface area contributed by atoms with Gasteiger partial charge < -0.3 is 4.74 Å². The topological polar surface area (TPSA) is 9.23 Å². The van der Waals surface area contributed by atoms with Gasteiger partial charge in [-0.1, -0.05) is 6.92 Å².